The summed E-state index contributed by atoms with van der Waals surface area (Å²) in [6.07, 6.45) is 1.97. The lowest BCUT2D eigenvalue weighted by atomic mass is 10.4. The van der Waals surface area contributed by atoms with Crippen LogP contribution in [0.2, 0.25) is 0 Å². The molecule has 4 nitrogen and oxygen atoms in total. The third kappa shape index (κ3) is 5.00. The molecule has 0 atom stereocenters. The van der Waals surface area contributed by atoms with Gasteiger partial charge < -0.3 is 4.74 Å². The fraction of sp³-hybridized carbons (Fsp3) is 0.667. The van der Waals surface area contributed by atoms with Gasteiger partial charge in [0.25, 0.3) is 0 Å². The van der Waals surface area contributed by atoms with E-state index in [0.717, 1.165) is 18.9 Å². The van der Waals surface area contributed by atoms with E-state index in [1.54, 1.807) is 0 Å². The van der Waals surface area contributed by atoms with Crippen LogP contribution < -0.4 is 0 Å². The summed E-state index contributed by atoms with van der Waals surface area (Å²) < 4.78 is 4.45. The smallest absolute Gasteiger partial charge is 0.444 e. The van der Waals surface area contributed by atoms with Crippen LogP contribution in [-0.2, 0) is 9.53 Å². The summed E-state index contributed by atoms with van der Waals surface area (Å²) in [6.45, 7) is 2.29. The Morgan fingerprint density at radius 2 is 2.40 bits per heavy atom. The van der Waals surface area contributed by atoms with E-state index in [4.69, 9.17) is 0 Å². The van der Waals surface area contributed by atoms with Crippen molar-refractivity contribution >= 4 is 12.2 Å². The van der Waals surface area contributed by atoms with E-state index in [1.165, 1.54) is 0 Å². The number of isocyanates is 1. The van der Waals surface area contributed by atoms with Crippen molar-refractivity contribution in [1.82, 2.24) is 0 Å². The SMILES string of the molecule is CCCCOC(=O)N=C=O. The van der Waals surface area contributed by atoms with Crippen molar-refractivity contribution in [3.05, 3.63) is 0 Å². The van der Waals surface area contributed by atoms with Crippen molar-refractivity contribution in [2.24, 2.45) is 4.99 Å². The largest absolute Gasteiger partial charge is 0.447 e. The molecule has 0 saturated carbocycles. The Morgan fingerprint density at radius 3 is 2.90 bits per heavy atom. The first-order valence-corrected chi connectivity index (χ1v) is 3.06. The number of hydrogen-bond donors (Lipinski definition) is 0. The van der Waals surface area contributed by atoms with Crippen LogP contribution in [-0.4, -0.2) is 18.8 Å². The highest BCUT2D eigenvalue weighted by atomic mass is 16.5. The summed E-state index contributed by atoms with van der Waals surface area (Å²) in [5.74, 6) is 0. The van der Waals surface area contributed by atoms with Gasteiger partial charge in [0.05, 0.1) is 6.61 Å². The minimum Gasteiger partial charge on any atom is -0.447 e. The molecule has 0 unspecified atom stereocenters. The Bertz CT molecular complexity index is 149. The van der Waals surface area contributed by atoms with Gasteiger partial charge in [-0.25, -0.2) is 9.59 Å². The molecular weight excluding hydrogens is 134 g/mol. The molecule has 0 fully saturated rings. The molecule has 4 heteroatoms. The van der Waals surface area contributed by atoms with E-state index in [1.807, 2.05) is 6.92 Å². The third-order valence-electron chi connectivity index (χ3n) is 0.860. The molecule has 0 N–H and O–H groups in total. The Kier molecular flexibility index (Phi) is 5.29. The first-order valence-electron chi connectivity index (χ1n) is 3.06. The summed E-state index contributed by atoms with van der Waals surface area (Å²) >= 11 is 0. The molecule has 0 aromatic carbocycles. The van der Waals surface area contributed by atoms with Gasteiger partial charge in [-0.3, -0.25) is 0 Å². The predicted molar refractivity (Wildman–Crippen MR) is 34.4 cm³/mol. The molecule has 0 bridgehead atoms. The van der Waals surface area contributed by atoms with Crippen molar-refractivity contribution in [3.63, 3.8) is 0 Å². The Hall–Kier alpha value is -1.15. The second-order valence-corrected chi connectivity index (χ2v) is 1.67. The number of amides is 1. The van der Waals surface area contributed by atoms with Crippen molar-refractivity contribution in [2.75, 3.05) is 6.61 Å². The fourth-order valence-corrected chi connectivity index (χ4v) is 0.373. The van der Waals surface area contributed by atoms with E-state index in [-0.39, 0.29) is 0 Å². The maximum Gasteiger partial charge on any atom is 0.444 e. The molecule has 0 rings (SSSR count). The van der Waals surface area contributed by atoms with Crippen LogP contribution in [0, 0.1) is 0 Å². The molecular formula is C6H9NO3. The monoisotopic (exact) mass is 143 g/mol. The Balaban J connectivity index is 3.31. The molecule has 0 aliphatic heterocycles. The summed E-state index contributed by atoms with van der Waals surface area (Å²) in [4.78, 5) is 22.5. The van der Waals surface area contributed by atoms with Gasteiger partial charge in [-0.05, 0) is 6.42 Å². The van der Waals surface area contributed by atoms with E-state index < -0.39 is 6.09 Å². The summed E-state index contributed by atoms with van der Waals surface area (Å²) in [5, 5.41) is 0. The van der Waals surface area contributed by atoms with Gasteiger partial charge in [-0.1, -0.05) is 18.3 Å². The van der Waals surface area contributed by atoms with Gasteiger partial charge in [-0.2, -0.15) is 0 Å². The molecule has 0 spiro atoms. The van der Waals surface area contributed by atoms with Crippen molar-refractivity contribution in [1.29, 1.82) is 0 Å². The average molecular weight is 143 g/mol. The molecule has 0 heterocycles. The number of nitrogens with zero attached hydrogens (tertiary/aromatic N) is 1. The number of rotatable bonds is 3. The normalized spacial score (nSPS) is 8.10. The zero-order valence-corrected chi connectivity index (χ0v) is 5.79. The maximum atomic E-state index is 10.3. The van der Waals surface area contributed by atoms with Gasteiger partial charge in [0.2, 0.25) is 6.08 Å². The highest BCUT2D eigenvalue weighted by molar-refractivity contribution is 5.74. The lowest BCUT2D eigenvalue weighted by Gasteiger charge is -1.95. The summed E-state index contributed by atoms with van der Waals surface area (Å²) in [6, 6.07) is 0. The minimum atomic E-state index is -0.858. The second-order valence-electron chi connectivity index (χ2n) is 1.67. The van der Waals surface area contributed by atoms with Gasteiger partial charge in [-0.15, -0.1) is 0 Å². The molecule has 0 saturated heterocycles. The zero-order valence-electron chi connectivity index (χ0n) is 5.79. The van der Waals surface area contributed by atoms with Crippen LogP contribution in [0.1, 0.15) is 19.8 Å². The molecule has 56 valence electrons. The first kappa shape index (κ1) is 8.85. The summed E-state index contributed by atoms with van der Waals surface area (Å²) in [5.41, 5.74) is 0. The number of unbranched alkanes of at least 4 members (excludes halogenated alkanes) is 1. The van der Waals surface area contributed by atoms with Gasteiger partial charge in [0, 0.05) is 0 Å². The third-order valence-corrected chi connectivity index (χ3v) is 0.860. The minimum absolute atomic E-state index is 0.320. The maximum absolute atomic E-state index is 10.3. The Labute approximate surface area is 58.9 Å². The van der Waals surface area contributed by atoms with E-state index in [0.29, 0.717) is 6.61 Å². The molecule has 0 aromatic rings. The number of carbonyl (C=O) groups excluding carboxylic acids is 2. The highest BCUT2D eigenvalue weighted by Gasteiger charge is 1.95. The molecule has 0 radical (unpaired) electrons. The van der Waals surface area contributed by atoms with Crippen molar-refractivity contribution in [3.8, 4) is 0 Å². The summed E-state index contributed by atoms with van der Waals surface area (Å²) in [7, 11) is 0. The van der Waals surface area contributed by atoms with E-state index in [2.05, 4.69) is 9.73 Å². The molecule has 10 heavy (non-hydrogen) atoms. The van der Waals surface area contributed by atoms with Gasteiger partial charge >= 0.3 is 6.09 Å². The highest BCUT2D eigenvalue weighted by Crippen LogP contribution is 1.89. The van der Waals surface area contributed by atoms with Crippen molar-refractivity contribution < 1.29 is 14.3 Å². The van der Waals surface area contributed by atoms with Crippen LogP contribution in [0.15, 0.2) is 4.99 Å². The topological polar surface area (TPSA) is 55.7 Å². The van der Waals surface area contributed by atoms with Crippen molar-refractivity contribution in [2.45, 2.75) is 19.8 Å². The fourth-order valence-electron chi connectivity index (χ4n) is 0.373. The first-order chi connectivity index (χ1) is 4.81. The van der Waals surface area contributed by atoms with Crippen LogP contribution >= 0.6 is 0 Å². The average Bonchev–Trinajstić information content (AvgIpc) is 1.89. The standard InChI is InChI=1S/C6H9NO3/c1-2-3-4-10-6(9)7-5-8/h2-4H2,1H3. The van der Waals surface area contributed by atoms with Gasteiger partial charge in [0.1, 0.15) is 0 Å². The number of hydrogen-bond acceptors (Lipinski definition) is 3. The van der Waals surface area contributed by atoms with Crippen LogP contribution in [0.4, 0.5) is 4.79 Å². The number of aliphatic imine (C=N–C) groups is 1. The van der Waals surface area contributed by atoms with Crippen LogP contribution in [0.5, 0.6) is 0 Å². The predicted octanol–water partition coefficient (Wildman–Crippen LogP) is 1.26. The lowest BCUT2D eigenvalue weighted by Crippen LogP contribution is -1.99. The number of ether oxygens (including phenoxy) is 1. The Morgan fingerprint density at radius 1 is 1.70 bits per heavy atom. The quantitative estimate of drug-likeness (QED) is 0.339. The van der Waals surface area contributed by atoms with Gasteiger partial charge in [0.15, 0.2) is 0 Å². The lowest BCUT2D eigenvalue weighted by molar-refractivity contribution is 0.155. The molecule has 0 aromatic heterocycles. The number of carbonyl (C=O) groups is 1. The van der Waals surface area contributed by atoms with Crippen LogP contribution in [0.3, 0.4) is 0 Å². The second kappa shape index (κ2) is 5.98. The van der Waals surface area contributed by atoms with Crippen LogP contribution in [0.25, 0.3) is 0 Å². The van der Waals surface area contributed by atoms with E-state index in [9.17, 15) is 9.59 Å². The molecule has 0 aliphatic rings. The van der Waals surface area contributed by atoms with E-state index >= 15 is 0 Å². The molecule has 1 amide bonds. The molecule has 0 aliphatic carbocycles. The zero-order chi connectivity index (χ0) is 7.82.